The Balaban J connectivity index is 1.45. The third kappa shape index (κ3) is 4.33. The summed E-state index contributed by atoms with van der Waals surface area (Å²) < 4.78 is 39.8. The molecule has 0 unspecified atom stereocenters. The number of para-hydroxylation sites is 1. The van der Waals surface area contributed by atoms with Crippen molar-refractivity contribution < 1.29 is 17.6 Å². The summed E-state index contributed by atoms with van der Waals surface area (Å²) >= 11 is 0. The SMILES string of the molecule is O=C(/C=C/c1ccc(N2CCCS2(=O)=O)cc1)Nc1c(F)cccc1N1CCCC1. The lowest BCUT2D eigenvalue weighted by Crippen LogP contribution is -2.24. The Morgan fingerprint density at radius 2 is 1.73 bits per heavy atom. The Hall–Kier alpha value is -2.87. The molecule has 2 aliphatic heterocycles. The first-order valence-corrected chi connectivity index (χ1v) is 11.7. The van der Waals surface area contributed by atoms with E-state index in [1.54, 1.807) is 36.4 Å². The normalized spacial score (nSPS) is 18.3. The molecule has 2 aromatic carbocycles. The lowest BCUT2D eigenvalue weighted by atomic mass is 10.2. The summed E-state index contributed by atoms with van der Waals surface area (Å²) in [6.07, 6.45) is 5.70. The van der Waals surface area contributed by atoms with Gasteiger partial charge in [0.1, 0.15) is 11.5 Å². The predicted octanol–water partition coefficient (Wildman–Crippen LogP) is 3.62. The molecule has 1 N–H and O–H groups in total. The number of rotatable bonds is 5. The van der Waals surface area contributed by atoms with Gasteiger partial charge in [0.25, 0.3) is 0 Å². The molecular formula is C22H24FN3O3S. The fraction of sp³-hybridized carbons (Fsp3) is 0.318. The van der Waals surface area contributed by atoms with E-state index in [1.165, 1.54) is 16.4 Å². The molecule has 4 rings (SSSR count). The van der Waals surface area contributed by atoms with Crippen molar-refractivity contribution in [3.05, 3.63) is 59.9 Å². The summed E-state index contributed by atoms with van der Waals surface area (Å²) in [5.74, 6) is -0.714. The minimum atomic E-state index is -3.22. The van der Waals surface area contributed by atoms with Crippen LogP contribution in [-0.2, 0) is 14.8 Å². The van der Waals surface area contributed by atoms with Crippen molar-refractivity contribution >= 4 is 39.1 Å². The maximum atomic E-state index is 14.4. The average molecular weight is 430 g/mol. The first-order chi connectivity index (χ1) is 14.4. The van der Waals surface area contributed by atoms with Crippen molar-refractivity contribution in [2.24, 2.45) is 0 Å². The van der Waals surface area contributed by atoms with Crippen LogP contribution in [0.4, 0.5) is 21.5 Å². The maximum Gasteiger partial charge on any atom is 0.248 e. The molecule has 6 nitrogen and oxygen atoms in total. The number of hydrogen-bond acceptors (Lipinski definition) is 4. The second-order valence-corrected chi connectivity index (χ2v) is 9.50. The summed E-state index contributed by atoms with van der Waals surface area (Å²) in [6.45, 7) is 2.18. The molecule has 0 atom stereocenters. The molecule has 2 heterocycles. The number of halogens is 1. The largest absolute Gasteiger partial charge is 0.370 e. The molecule has 0 saturated carbocycles. The summed E-state index contributed by atoms with van der Waals surface area (Å²) in [5.41, 5.74) is 2.27. The first-order valence-electron chi connectivity index (χ1n) is 10.1. The van der Waals surface area contributed by atoms with Gasteiger partial charge < -0.3 is 10.2 Å². The van der Waals surface area contributed by atoms with Crippen molar-refractivity contribution in [2.75, 3.05) is 39.9 Å². The summed E-state index contributed by atoms with van der Waals surface area (Å²) in [7, 11) is -3.22. The minimum absolute atomic E-state index is 0.171. The van der Waals surface area contributed by atoms with Gasteiger partial charge in [0.15, 0.2) is 0 Å². The number of carbonyl (C=O) groups excluding carboxylic acids is 1. The molecule has 2 aliphatic rings. The van der Waals surface area contributed by atoms with Crippen LogP contribution in [0.15, 0.2) is 48.5 Å². The van der Waals surface area contributed by atoms with E-state index in [1.807, 2.05) is 6.07 Å². The second kappa shape index (κ2) is 8.47. The lowest BCUT2D eigenvalue weighted by Gasteiger charge is -2.21. The molecule has 8 heteroatoms. The number of nitrogens with one attached hydrogen (secondary N) is 1. The Morgan fingerprint density at radius 3 is 2.40 bits per heavy atom. The van der Waals surface area contributed by atoms with Gasteiger partial charge in [-0.2, -0.15) is 0 Å². The van der Waals surface area contributed by atoms with Gasteiger partial charge in [0.2, 0.25) is 15.9 Å². The minimum Gasteiger partial charge on any atom is -0.370 e. The van der Waals surface area contributed by atoms with Gasteiger partial charge in [-0.05, 0) is 55.2 Å². The third-order valence-corrected chi connectivity index (χ3v) is 7.26. The molecular weight excluding hydrogens is 405 g/mol. The van der Waals surface area contributed by atoms with Crippen LogP contribution in [0, 0.1) is 5.82 Å². The fourth-order valence-electron chi connectivity index (χ4n) is 3.88. The molecule has 0 spiro atoms. The molecule has 0 radical (unpaired) electrons. The molecule has 0 bridgehead atoms. The third-order valence-electron chi connectivity index (χ3n) is 5.39. The van der Waals surface area contributed by atoms with Crippen LogP contribution >= 0.6 is 0 Å². The van der Waals surface area contributed by atoms with E-state index in [0.717, 1.165) is 31.5 Å². The molecule has 158 valence electrons. The van der Waals surface area contributed by atoms with Crippen LogP contribution in [0.3, 0.4) is 0 Å². The van der Waals surface area contributed by atoms with E-state index in [9.17, 15) is 17.6 Å². The van der Waals surface area contributed by atoms with Gasteiger partial charge in [-0.25, -0.2) is 12.8 Å². The summed E-state index contributed by atoms with van der Waals surface area (Å²) in [6, 6.07) is 11.8. The molecule has 1 amide bonds. The van der Waals surface area contributed by atoms with Crippen molar-refractivity contribution in [1.82, 2.24) is 0 Å². The Labute approximate surface area is 176 Å². The molecule has 0 aliphatic carbocycles. The average Bonchev–Trinajstić information content (AvgIpc) is 3.38. The quantitative estimate of drug-likeness (QED) is 0.737. The monoisotopic (exact) mass is 429 g/mol. The van der Waals surface area contributed by atoms with Crippen LogP contribution in [0.25, 0.3) is 6.08 Å². The van der Waals surface area contributed by atoms with Gasteiger partial charge in [-0.1, -0.05) is 18.2 Å². The van der Waals surface area contributed by atoms with E-state index in [0.29, 0.717) is 24.3 Å². The maximum absolute atomic E-state index is 14.4. The van der Waals surface area contributed by atoms with Gasteiger partial charge in [-0.15, -0.1) is 0 Å². The van der Waals surface area contributed by atoms with Crippen LogP contribution in [-0.4, -0.2) is 39.7 Å². The van der Waals surface area contributed by atoms with Crippen molar-refractivity contribution in [3.63, 3.8) is 0 Å². The number of sulfonamides is 1. The zero-order valence-corrected chi connectivity index (χ0v) is 17.4. The topological polar surface area (TPSA) is 69.7 Å². The van der Waals surface area contributed by atoms with E-state index >= 15 is 0 Å². The van der Waals surface area contributed by atoms with E-state index in [4.69, 9.17) is 0 Å². The highest BCUT2D eigenvalue weighted by Gasteiger charge is 2.28. The number of anilines is 3. The molecule has 2 saturated heterocycles. The highest BCUT2D eigenvalue weighted by Crippen LogP contribution is 2.31. The van der Waals surface area contributed by atoms with E-state index in [2.05, 4.69) is 10.2 Å². The van der Waals surface area contributed by atoms with Crippen molar-refractivity contribution in [3.8, 4) is 0 Å². The number of benzene rings is 2. The number of nitrogens with zero attached hydrogens (tertiary/aromatic N) is 2. The zero-order valence-electron chi connectivity index (χ0n) is 16.6. The molecule has 2 fully saturated rings. The van der Waals surface area contributed by atoms with Gasteiger partial charge >= 0.3 is 0 Å². The van der Waals surface area contributed by atoms with Crippen LogP contribution in [0.2, 0.25) is 0 Å². The fourth-order valence-corrected chi connectivity index (χ4v) is 5.44. The Kier molecular flexibility index (Phi) is 5.76. The summed E-state index contributed by atoms with van der Waals surface area (Å²) in [5, 5.41) is 2.66. The standard InChI is InChI=1S/C22H24FN3O3S/c23-19-5-3-6-20(25-13-1-2-14-25)22(19)24-21(27)12-9-17-7-10-18(11-8-17)26-15-4-16-30(26,28)29/h3,5-12H,1-2,4,13-16H2,(H,24,27)/b12-9+. The molecule has 0 aromatic heterocycles. The highest BCUT2D eigenvalue weighted by atomic mass is 32.2. The van der Waals surface area contributed by atoms with E-state index < -0.39 is 21.7 Å². The van der Waals surface area contributed by atoms with Gasteiger partial charge in [0, 0.05) is 25.7 Å². The zero-order chi connectivity index (χ0) is 21.1. The number of carbonyl (C=O) groups is 1. The van der Waals surface area contributed by atoms with E-state index in [-0.39, 0.29) is 11.4 Å². The van der Waals surface area contributed by atoms with Crippen molar-refractivity contribution in [1.29, 1.82) is 0 Å². The lowest BCUT2D eigenvalue weighted by molar-refractivity contribution is -0.111. The first kappa shape index (κ1) is 20.4. The Bertz CT molecular complexity index is 1060. The van der Waals surface area contributed by atoms with Crippen LogP contribution < -0.4 is 14.5 Å². The van der Waals surface area contributed by atoms with Gasteiger partial charge in [-0.3, -0.25) is 9.10 Å². The summed E-state index contributed by atoms with van der Waals surface area (Å²) in [4.78, 5) is 14.5. The van der Waals surface area contributed by atoms with Crippen molar-refractivity contribution in [2.45, 2.75) is 19.3 Å². The van der Waals surface area contributed by atoms with Crippen LogP contribution in [0.1, 0.15) is 24.8 Å². The van der Waals surface area contributed by atoms with Gasteiger partial charge in [0.05, 0.1) is 17.1 Å². The molecule has 2 aromatic rings. The number of hydrogen-bond donors (Lipinski definition) is 1. The number of amides is 1. The van der Waals surface area contributed by atoms with Crippen LogP contribution in [0.5, 0.6) is 0 Å². The Morgan fingerprint density at radius 1 is 1.00 bits per heavy atom. The predicted molar refractivity (Wildman–Crippen MR) is 118 cm³/mol. The second-order valence-electron chi connectivity index (χ2n) is 7.48. The smallest absolute Gasteiger partial charge is 0.248 e. The highest BCUT2D eigenvalue weighted by molar-refractivity contribution is 7.93. The molecule has 30 heavy (non-hydrogen) atoms.